The van der Waals surface area contributed by atoms with Crippen LogP contribution in [0.5, 0.6) is 0 Å². The Morgan fingerprint density at radius 1 is 1.15 bits per heavy atom. The van der Waals surface area contributed by atoms with Gasteiger partial charge in [-0.15, -0.1) is 0 Å². The van der Waals surface area contributed by atoms with Crippen LogP contribution in [-0.2, 0) is 11.2 Å². The summed E-state index contributed by atoms with van der Waals surface area (Å²) in [7, 11) is 0. The van der Waals surface area contributed by atoms with Gasteiger partial charge in [0.05, 0.1) is 0 Å². The average molecular weight is 265 g/mol. The number of aliphatic carboxylic acids is 1. The molecule has 0 aliphatic carbocycles. The molecule has 1 aromatic heterocycles. The zero-order chi connectivity index (χ0) is 14.4. The molecule has 1 N–H and O–H groups in total. The molecule has 0 radical (unpaired) electrons. The molecule has 2 aromatic rings. The standard InChI is InChI=1S/C17H15NO2/c1-13-3-2-4-16(18-13)11-9-14-5-7-15(8-6-14)10-12-17(19)20/h2-8H,10,12H2,1H3,(H,19,20). The van der Waals surface area contributed by atoms with Crippen LogP contribution in [0.1, 0.15) is 28.9 Å². The van der Waals surface area contributed by atoms with Crippen molar-refractivity contribution in [1.29, 1.82) is 0 Å². The topological polar surface area (TPSA) is 50.2 Å². The fraction of sp³-hybridized carbons (Fsp3) is 0.176. The van der Waals surface area contributed by atoms with E-state index in [9.17, 15) is 4.79 Å². The summed E-state index contributed by atoms with van der Waals surface area (Å²) in [5, 5.41) is 8.63. The zero-order valence-corrected chi connectivity index (χ0v) is 11.3. The highest BCUT2D eigenvalue weighted by Gasteiger charge is 1.98. The van der Waals surface area contributed by atoms with Gasteiger partial charge < -0.3 is 5.11 Å². The maximum Gasteiger partial charge on any atom is 0.303 e. The summed E-state index contributed by atoms with van der Waals surface area (Å²) in [5.74, 6) is 5.29. The lowest BCUT2D eigenvalue weighted by Gasteiger charge is -1.98. The van der Waals surface area contributed by atoms with Gasteiger partial charge in [-0.1, -0.05) is 24.1 Å². The van der Waals surface area contributed by atoms with Crippen molar-refractivity contribution >= 4 is 5.97 Å². The van der Waals surface area contributed by atoms with Crippen LogP contribution in [0.4, 0.5) is 0 Å². The Kier molecular flexibility index (Phi) is 4.52. The van der Waals surface area contributed by atoms with E-state index in [0.717, 1.165) is 22.5 Å². The summed E-state index contributed by atoms with van der Waals surface area (Å²) in [5.41, 5.74) is 3.60. The van der Waals surface area contributed by atoms with Crippen molar-refractivity contribution in [2.45, 2.75) is 19.8 Å². The van der Waals surface area contributed by atoms with Crippen LogP contribution in [0.25, 0.3) is 0 Å². The maximum absolute atomic E-state index is 10.5. The van der Waals surface area contributed by atoms with Crippen LogP contribution in [0.3, 0.4) is 0 Å². The number of nitrogens with zero attached hydrogens (tertiary/aromatic N) is 1. The summed E-state index contributed by atoms with van der Waals surface area (Å²) in [6, 6.07) is 13.4. The van der Waals surface area contributed by atoms with E-state index in [1.165, 1.54) is 0 Å². The van der Waals surface area contributed by atoms with Crippen LogP contribution < -0.4 is 0 Å². The molecule has 0 aliphatic rings. The Morgan fingerprint density at radius 3 is 2.55 bits per heavy atom. The number of pyridine rings is 1. The van der Waals surface area contributed by atoms with E-state index in [4.69, 9.17) is 5.11 Å². The van der Waals surface area contributed by atoms with Gasteiger partial charge >= 0.3 is 5.97 Å². The highest BCUT2D eigenvalue weighted by Crippen LogP contribution is 2.06. The van der Waals surface area contributed by atoms with Gasteiger partial charge in [-0.3, -0.25) is 4.79 Å². The second kappa shape index (κ2) is 6.53. The molecule has 1 aromatic carbocycles. The van der Waals surface area contributed by atoms with Crippen molar-refractivity contribution in [3.8, 4) is 11.8 Å². The molecule has 2 rings (SSSR count). The molecule has 0 aliphatic heterocycles. The predicted molar refractivity (Wildman–Crippen MR) is 77.4 cm³/mol. The summed E-state index contributed by atoms with van der Waals surface area (Å²) < 4.78 is 0. The van der Waals surface area contributed by atoms with Gasteiger partial charge in [0.1, 0.15) is 5.69 Å². The predicted octanol–water partition coefficient (Wildman–Crippen LogP) is 2.81. The number of carboxylic acid groups (broad SMARTS) is 1. The lowest BCUT2D eigenvalue weighted by atomic mass is 10.1. The number of hydrogen-bond donors (Lipinski definition) is 1. The zero-order valence-electron chi connectivity index (χ0n) is 11.3. The lowest BCUT2D eigenvalue weighted by Crippen LogP contribution is -1.97. The SMILES string of the molecule is Cc1cccc(C#Cc2ccc(CCC(=O)O)cc2)n1. The van der Waals surface area contributed by atoms with Crippen molar-refractivity contribution in [3.63, 3.8) is 0 Å². The second-order valence-corrected chi connectivity index (χ2v) is 4.50. The van der Waals surface area contributed by atoms with Crippen LogP contribution in [0.2, 0.25) is 0 Å². The van der Waals surface area contributed by atoms with E-state index < -0.39 is 5.97 Å². The van der Waals surface area contributed by atoms with E-state index in [-0.39, 0.29) is 6.42 Å². The highest BCUT2D eigenvalue weighted by atomic mass is 16.4. The number of carboxylic acids is 1. The normalized spacial score (nSPS) is 9.65. The molecular weight excluding hydrogens is 250 g/mol. The average Bonchev–Trinajstić information content (AvgIpc) is 2.44. The molecule has 1 heterocycles. The van der Waals surface area contributed by atoms with E-state index in [2.05, 4.69) is 16.8 Å². The first kappa shape index (κ1) is 13.8. The molecule has 3 heteroatoms. The van der Waals surface area contributed by atoms with Crippen LogP contribution in [-0.4, -0.2) is 16.1 Å². The smallest absolute Gasteiger partial charge is 0.303 e. The van der Waals surface area contributed by atoms with E-state index in [1.807, 2.05) is 49.4 Å². The van der Waals surface area contributed by atoms with Gasteiger partial charge in [-0.2, -0.15) is 0 Å². The van der Waals surface area contributed by atoms with Gasteiger partial charge in [0.15, 0.2) is 0 Å². The van der Waals surface area contributed by atoms with Gasteiger partial charge in [-0.05, 0) is 49.1 Å². The van der Waals surface area contributed by atoms with E-state index >= 15 is 0 Å². The Bertz CT molecular complexity index is 663. The van der Waals surface area contributed by atoms with Crippen molar-refractivity contribution in [2.24, 2.45) is 0 Å². The van der Waals surface area contributed by atoms with Gasteiger partial charge in [0.2, 0.25) is 0 Å². The van der Waals surface area contributed by atoms with Crippen LogP contribution >= 0.6 is 0 Å². The number of aromatic nitrogens is 1. The molecule has 0 fully saturated rings. The van der Waals surface area contributed by atoms with Gasteiger partial charge in [-0.25, -0.2) is 4.98 Å². The van der Waals surface area contributed by atoms with Crippen molar-refractivity contribution < 1.29 is 9.90 Å². The molecule has 3 nitrogen and oxygen atoms in total. The molecule has 0 bridgehead atoms. The number of rotatable bonds is 3. The van der Waals surface area contributed by atoms with Crippen LogP contribution in [0, 0.1) is 18.8 Å². The number of benzene rings is 1. The Labute approximate surface area is 118 Å². The first-order chi connectivity index (χ1) is 9.63. The van der Waals surface area contributed by atoms with E-state index in [1.54, 1.807) is 0 Å². The summed E-state index contributed by atoms with van der Waals surface area (Å²) in [4.78, 5) is 14.8. The third kappa shape index (κ3) is 4.25. The molecule has 0 spiro atoms. The Morgan fingerprint density at radius 2 is 1.90 bits per heavy atom. The molecular formula is C17H15NO2. The largest absolute Gasteiger partial charge is 0.481 e. The van der Waals surface area contributed by atoms with E-state index in [0.29, 0.717) is 6.42 Å². The molecule has 0 amide bonds. The number of aryl methyl sites for hydroxylation is 2. The first-order valence-electron chi connectivity index (χ1n) is 6.40. The minimum absolute atomic E-state index is 0.151. The van der Waals surface area contributed by atoms with Crippen molar-refractivity contribution in [2.75, 3.05) is 0 Å². The fourth-order valence-electron chi connectivity index (χ4n) is 1.75. The second-order valence-electron chi connectivity index (χ2n) is 4.50. The van der Waals surface area contributed by atoms with Crippen LogP contribution in [0.15, 0.2) is 42.5 Å². The molecule has 20 heavy (non-hydrogen) atoms. The maximum atomic E-state index is 10.5. The molecule has 0 atom stereocenters. The first-order valence-corrected chi connectivity index (χ1v) is 6.40. The Hall–Kier alpha value is -2.60. The molecule has 0 saturated carbocycles. The summed E-state index contributed by atoms with van der Waals surface area (Å²) in [6.45, 7) is 1.93. The quantitative estimate of drug-likeness (QED) is 0.868. The highest BCUT2D eigenvalue weighted by molar-refractivity contribution is 5.67. The van der Waals surface area contributed by atoms with Gasteiger partial charge in [0, 0.05) is 17.7 Å². The lowest BCUT2D eigenvalue weighted by molar-refractivity contribution is -0.136. The van der Waals surface area contributed by atoms with Crippen molar-refractivity contribution in [3.05, 3.63) is 65.0 Å². The minimum atomic E-state index is -0.778. The fourth-order valence-corrected chi connectivity index (χ4v) is 1.75. The molecule has 0 unspecified atom stereocenters. The third-order valence-corrected chi connectivity index (χ3v) is 2.80. The summed E-state index contributed by atoms with van der Waals surface area (Å²) in [6.07, 6.45) is 0.695. The number of hydrogen-bond acceptors (Lipinski definition) is 2. The molecule has 100 valence electrons. The molecule has 0 saturated heterocycles. The van der Waals surface area contributed by atoms with Crippen molar-refractivity contribution in [1.82, 2.24) is 4.98 Å². The monoisotopic (exact) mass is 265 g/mol. The third-order valence-electron chi connectivity index (χ3n) is 2.80. The van der Waals surface area contributed by atoms with Gasteiger partial charge in [0.25, 0.3) is 0 Å². The Balaban J connectivity index is 2.06. The minimum Gasteiger partial charge on any atom is -0.481 e. The number of carbonyl (C=O) groups is 1. The summed E-state index contributed by atoms with van der Waals surface area (Å²) >= 11 is 0.